The predicted octanol–water partition coefficient (Wildman–Crippen LogP) is -0.557. The fourth-order valence-corrected chi connectivity index (χ4v) is 2.31. The molecule has 4 heteroatoms. The molecule has 0 aromatic heterocycles. The van der Waals surface area contributed by atoms with Crippen LogP contribution < -0.4 is 5.32 Å². The summed E-state index contributed by atoms with van der Waals surface area (Å²) in [6, 6.07) is 0.703. The molecule has 82 valence electrons. The van der Waals surface area contributed by atoms with Crippen molar-refractivity contribution in [1.82, 2.24) is 20.2 Å². The number of nitrogens with zero attached hydrogens (tertiary/aromatic N) is 3. The minimum atomic E-state index is 0.703. The van der Waals surface area contributed by atoms with E-state index in [1.807, 2.05) is 0 Å². The second kappa shape index (κ2) is 4.57. The van der Waals surface area contributed by atoms with Gasteiger partial charge in [-0.2, -0.15) is 0 Å². The average Bonchev–Trinajstić information content (AvgIpc) is 2.67. The highest BCUT2D eigenvalue weighted by Gasteiger charge is 2.27. The summed E-state index contributed by atoms with van der Waals surface area (Å²) >= 11 is 0. The van der Waals surface area contributed by atoms with Crippen molar-refractivity contribution in [3.63, 3.8) is 0 Å². The minimum absolute atomic E-state index is 0.703. The van der Waals surface area contributed by atoms with E-state index in [9.17, 15) is 0 Å². The largest absolute Gasteiger partial charge is 0.316 e. The first kappa shape index (κ1) is 10.4. The Bertz CT molecular complexity index is 177. The smallest absolute Gasteiger partial charge is 0.0287 e. The van der Waals surface area contributed by atoms with E-state index in [2.05, 4.69) is 34.3 Å². The van der Waals surface area contributed by atoms with Gasteiger partial charge in [0.25, 0.3) is 0 Å². The molecular formula is C10H22N4. The molecule has 2 fully saturated rings. The predicted molar refractivity (Wildman–Crippen MR) is 58.1 cm³/mol. The number of piperazine rings is 1. The second-order valence-electron chi connectivity index (χ2n) is 4.44. The van der Waals surface area contributed by atoms with Gasteiger partial charge in [0, 0.05) is 45.3 Å². The molecule has 0 aliphatic carbocycles. The van der Waals surface area contributed by atoms with E-state index in [1.54, 1.807) is 0 Å². The first-order chi connectivity index (χ1) is 6.79. The van der Waals surface area contributed by atoms with Gasteiger partial charge >= 0.3 is 0 Å². The van der Waals surface area contributed by atoms with Crippen LogP contribution in [0.4, 0.5) is 0 Å². The van der Waals surface area contributed by atoms with Crippen LogP contribution >= 0.6 is 0 Å². The maximum absolute atomic E-state index is 3.36. The Morgan fingerprint density at radius 3 is 2.29 bits per heavy atom. The normalized spacial score (nSPS) is 32.6. The quantitative estimate of drug-likeness (QED) is 0.642. The Kier molecular flexibility index (Phi) is 3.38. The SMILES string of the molecule is CNC1CCN(N2CCN(C)CC2)C1. The fourth-order valence-electron chi connectivity index (χ4n) is 2.31. The van der Waals surface area contributed by atoms with E-state index < -0.39 is 0 Å². The summed E-state index contributed by atoms with van der Waals surface area (Å²) < 4.78 is 0. The first-order valence-corrected chi connectivity index (χ1v) is 5.65. The van der Waals surface area contributed by atoms with Gasteiger partial charge in [-0.25, -0.2) is 10.0 Å². The van der Waals surface area contributed by atoms with Crippen LogP contribution in [-0.2, 0) is 0 Å². The van der Waals surface area contributed by atoms with Gasteiger partial charge in [-0.05, 0) is 20.5 Å². The van der Waals surface area contributed by atoms with Gasteiger partial charge in [-0.15, -0.1) is 0 Å². The third-order valence-electron chi connectivity index (χ3n) is 3.45. The van der Waals surface area contributed by atoms with Gasteiger partial charge < -0.3 is 10.2 Å². The highest BCUT2D eigenvalue weighted by atomic mass is 15.6. The summed E-state index contributed by atoms with van der Waals surface area (Å²) in [5.74, 6) is 0. The standard InChI is InChI=1S/C10H22N4/c1-11-10-3-4-14(9-10)13-7-5-12(2)6-8-13/h10-11H,3-9H2,1-2H3. The van der Waals surface area contributed by atoms with E-state index in [0.717, 1.165) is 0 Å². The van der Waals surface area contributed by atoms with Gasteiger partial charge in [-0.3, -0.25) is 0 Å². The monoisotopic (exact) mass is 198 g/mol. The molecular weight excluding hydrogens is 176 g/mol. The number of likely N-dealkylation sites (N-methyl/N-ethyl adjacent to an activating group) is 2. The molecule has 0 aromatic rings. The summed E-state index contributed by atoms with van der Waals surface area (Å²) in [4.78, 5) is 2.40. The fraction of sp³-hybridized carbons (Fsp3) is 1.00. The number of hydrogen-bond acceptors (Lipinski definition) is 4. The van der Waals surface area contributed by atoms with E-state index in [4.69, 9.17) is 0 Å². The lowest BCUT2D eigenvalue weighted by atomic mass is 10.3. The van der Waals surface area contributed by atoms with Crippen molar-refractivity contribution >= 4 is 0 Å². The topological polar surface area (TPSA) is 21.8 Å². The molecule has 0 aromatic carbocycles. The molecule has 0 bridgehead atoms. The molecule has 0 saturated carbocycles. The Morgan fingerprint density at radius 1 is 1.00 bits per heavy atom. The van der Waals surface area contributed by atoms with Gasteiger partial charge in [0.1, 0.15) is 0 Å². The number of nitrogens with one attached hydrogen (secondary N) is 1. The van der Waals surface area contributed by atoms with E-state index >= 15 is 0 Å². The van der Waals surface area contributed by atoms with Crippen molar-refractivity contribution in [1.29, 1.82) is 0 Å². The summed E-state index contributed by atoms with van der Waals surface area (Å²) in [6.45, 7) is 7.25. The zero-order chi connectivity index (χ0) is 9.97. The molecule has 1 atom stereocenters. The first-order valence-electron chi connectivity index (χ1n) is 5.65. The van der Waals surface area contributed by atoms with Crippen LogP contribution in [0.25, 0.3) is 0 Å². The van der Waals surface area contributed by atoms with Crippen molar-refractivity contribution in [2.45, 2.75) is 12.5 Å². The lowest BCUT2D eigenvalue weighted by Gasteiger charge is -2.38. The van der Waals surface area contributed by atoms with Crippen LogP contribution in [0.2, 0.25) is 0 Å². The van der Waals surface area contributed by atoms with Crippen LogP contribution in [0.1, 0.15) is 6.42 Å². The Morgan fingerprint density at radius 2 is 1.71 bits per heavy atom. The van der Waals surface area contributed by atoms with Crippen molar-refractivity contribution in [2.24, 2.45) is 0 Å². The molecule has 1 N–H and O–H groups in total. The van der Waals surface area contributed by atoms with Crippen LogP contribution in [0.5, 0.6) is 0 Å². The zero-order valence-electron chi connectivity index (χ0n) is 9.37. The summed E-state index contributed by atoms with van der Waals surface area (Å²) in [5.41, 5.74) is 0. The summed E-state index contributed by atoms with van der Waals surface area (Å²) in [7, 11) is 4.27. The van der Waals surface area contributed by atoms with E-state index in [0.29, 0.717) is 6.04 Å². The number of hydrazine groups is 1. The second-order valence-corrected chi connectivity index (χ2v) is 4.44. The molecule has 2 heterocycles. The minimum Gasteiger partial charge on any atom is -0.316 e. The van der Waals surface area contributed by atoms with Crippen molar-refractivity contribution in [3.05, 3.63) is 0 Å². The third-order valence-corrected chi connectivity index (χ3v) is 3.45. The number of rotatable bonds is 2. The van der Waals surface area contributed by atoms with Crippen LogP contribution in [0.3, 0.4) is 0 Å². The Hall–Kier alpha value is -0.160. The molecule has 4 nitrogen and oxygen atoms in total. The molecule has 1 unspecified atom stereocenters. The molecule has 0 radical (unpaired) electrons. The van der Waals surface area contributed by atoms with Crippen LogP contribution in [0, 0.1) is 0 Å². The van der Waals surface area contributed by atoms with Gasteiger partial charge in [-0.1, -0.05) is 0 Å². The lowest BCUT2D eigenvalue weighted by molar-refractivity contribution is -0.0368. The average molecular weight is 198 g/mol. The van der Waals surface area contributed by atoms with Crippen molar-refractivity contribution in [2.75, 3.05) is 53.4 Å². The van der Waals surface area contributed by atoms with Crippen molar-refractivity contribution in [3.8, 4) is 0 Å². The van der Waals surface area contributed by atoms with Gasteiger partial charge in [0.15, 0.2) is 0 Å². The third kappa shape index (κ3) is 2.25. The Balaban J connectivity index is 1.79. The summed E-state index contributed by atoms with van der Waals surface area (Å²) in [6.07, 6.45) is 1.29. The molecule has 2 aliphatic heterocycles. The number of hydrogen-bond donors (Lipinski definition) is 1. The zero-order valence-corrected chi connectivity index (χ0v) is 9.37. The van der Waals surface area contributed by atoms with Crippen LogP contribution in [-0.4, -0.2) is 74.3 Å². The molecule has 2 rings (SSSR count). The summed E-state index contributed by atoms with van der Waals surface area (Å²) in [5, 5.41) is 8.41. The molecule has 2 saturated heterocycles. The highest BCUT2D eigenvalue weighted by Crippen LogP contribution is 2.13. The van der Waals surface area contributed by atoms with Crippen molar-refractivity contribution < 1.29 is 0 Å². The van der Waals surface area contributed by atoms with Crippen LogP contribution in [0.15, 0.2) is 0 Å². The molecule has 2 aliphatic rings. The highest BCUT2D eigenvalue weighted by molar-refractivity contribution is 4.80. The molecule has 0 spiro atoms. The van der Waals surface area contributed by atoms with Gasteiger partial charge in [0.05, 0.1) is 0 Å². The van der Waals surface area contributed by atoms with E-state index in [1.165, 1.54) is 45.7 Å². The maximum Gasteiger partial charge on any atom is 0.0287 e. The van der Waals surface area contributed by atoms with E-state index in [-0.39, 0.29) is 0 Å². The molecule has 0 amide bonds. The molecule has 14 heavy (non-hydrogen) atoms. The van der Waals surface area contributed by atoms with Gasteiger partial charge in [0.2, 0.25) is 0 Å². The maximum atomic E-state index is 3.36. The lowest BCUT2D eigenvalue weighted by Crippen LogP contribution is -2.52. The Labute approximate surface area is 86.8 Å².